The number of nitrogens with zero attached hydrogens (tertiary/aromatic N) is 4. The van der Waals surface area contributed by atoms with E-state index in [0.29, 0.717) is 43.4 Å². The number of benzene rings is 2. The van der Waals surface area contributed by atoms with Crippen LogP contribution in [0.4, 0.5) is 0 Å². The second-order valence-electron chi connectivity index (χ2n) is 7.10. The van der Waals surface area contributed by atoms with Gasteiger partial charge in [-0.05, 0) is 17.7 Å². The molecule has 1 amide bonds. The molecule has 1 aromatic heterocycles. The third-order valence-electron chi connectivity index (χ3n) is 5.08. The molecule has 156 valence electrons. The number of hydrogen-bond acceptors (Lipinski definition) is 6. The number of carbonyl (C=O) groups excluding carboxylic acids is 1. The highest BCUT2D eigenvalue weighted by atomic mass is 16.5. The van der Waals surface area contributed by atoms with Crippen LogP contribution in [0.15, 0.2) is 54.7 Å². The summed E-state index contributed by atoms with van der Waals surface area (Å²) < 4.78 is 18.0. The predicted molar refractivity (Wildman–Crippen MR) is 109 cm³/mol. The highest BCUT2D eigenvalue weighted by Crippen LogP contribution is 2.29. The molecule has 0 N–H and O–H groups in total. The highest BCUT2D eigenvalue weighted by molar-refractivity contribution is 5.97. The molecule has 2 aromatic carbocycles. The Bertz CT molecular complexity index is 999. The van der Waals surface area contributed by atoms with Gasteiger partial charge in [0, 0.05) is 19.2 Å². The van der Waals surface area contributed by atoms with Gasteiger partial charge in [0.05, 0.1) is 45.2 Å². The van der Waals surface area contributed by atoms with Crippen LogP contribution in [0.3, 0.4) is 0 Å². The van der Waals surface area contributed by atoms with Crippen LogP contribution in [0.5, 0.6) is 11.5 Å². The SMILES string of the molecule is COc1ccc(C(=O)N2CC(n3cc(COCc4ccccc4)nn3)C2)c(OC)c1. The maximum absolute atomic E-state index is 12.8. The largest absolute Gasteiger partial charge is 0.497 e. The monoisotopic (exact) mass is 408 g/mol. The summed E-state index contributed by atoms with van der Waals surface area (Å²) in [6, 6.07) is 15.3. The Labute approximate surface area is 175 Å². The Morgan fingerprint density at radius 3 is 2.60 bits per heavy atom. The number of methoxy groups -OCH3 is 2. The fraction of sp³-hybridized carbons (Fsp3) is 0.318. The van der Waals surface area contributed by atoms with Crippen LogP contribution in [-0.2, 0) is 18.0 Å². The summed E-state index contributed by atoms with van der Waals surface area (Å²) in [5, 5.41) is 8.37. The average molecular weight is 408 g/mol. The van der Waals surface area contributed by atoms with E-state index in [1.165, 1.54) is 0 Å². The third kappa shape index (κ3) is 4.28. The van der Waals surface area contributed by atoms with Gasteiger partial charge in [-0.2, -0.15) is 0 Å². The molecule has 4 rings (SSSR count). The fourth-order valence-corrected chi connectivity index (χ4v) is 3.34. The van der Waals surface area contributed by atoms with Crippen molar-refractivity contribution in [1.82, 2.24) is 19.9 Å². The van der Waals surface area contributed by atoms with E-state index in [4.69, 9.17) is 14.2 Å². The molecular formula is C22H24N4O4. The number of ether oxygens (including phenoxy) is 3. The molecule has 0 aliphatic carbocycles. The number of likely N-dealkylation sites (tertiary alicyclic amines) is 1. The third-order valence-corrected chi connectivity index (χ3v) is 5.08. The first-order chi connectivity index (χ1) is 14.7. The lowest BCUT2D eigenvalue weighted by Crippen LogP contribution is -2.51. The van der Waals surface area contributed by atoms with Crippen LogP contribution in [0.2, 0.25) is 0 Å². The number of rotatable bonds is 8. The van der Waals surface area contributed by atoms with E-state index in [0.717, 1.165) is 11.3 Å². The van der Waals surface area contributed by atoms with Crippen molar-refractivity contribution < 1.29 is 19.0 Å². The first-order valence-corrected chi connectivity index (χ1v) is 9.71. The number of aromatic nitrogens is 3. The topological polar surface area (TPSA) is 78.7 Å². The van der Waals surface area contributed by atoms with Crippen molar-refractivity contribution in [3.05, 3.63) is 71.5 Å². The van der Waals surface area contributed by atoms with E-state index in [-0.39, 0.29) is 11.9 Å². The predicted octanol–water partition coefficient (Wildman–Crippen LogP) is 2.71. The number of carbonyl (C=O) groups is 1. The van der Waals surface area contributed by atoms with Crippen LogP contribution in [0.25, 0.3) is 0 Å². The Morgan fingerprint density at radius 1 is 1.07 bits per heavy atom. The molecule has 1 fully saturated rings. The molecule has 8 nitrogen and oxygen atoms in total. The molecule has 1 aliphatic heterocycles. The molecule has 0 spiro atoms. The van der Waals surface area contributed by atoms with E-state index in [9.17, 15) is 4.79 Å². The van der Waals surface area contributed by atoms with E-state index in [1.54, 1.807) is 42.0 Å². The van der Waals surface area contributed by atoms with Crippen molar-refractivity contribution in [1.29, 1.82) is 0 Å². The van der Waals surface area contributed by atoms with Gasteiger partial charge in [0.1, 0.15) is 17.2 Å². The van der Waals surface area contributed by atoms with Crippen molar-refractivity contribution in [2.45, 2.75) is 19.3 Å². The summed E-state index contributed by atoms with van der Waals surface area (Å²) in [4.78, 5) is 14.6. The summed E-state index contributed by atoms with van der Waals surface area (Å²) >= 11 is 0. The molecule has 2 heterocycles. The minimum Gasteiger partial charge on any atom is -0.497 e. The zero-order valence-electron chi connectivity index (χ0n) is 17.0. The van der Waals surface area contributed by atoms with Gasteiger partial charge in [-0.25, -0.2) is 4.68 Å². The Morgan fingerprint density at radius 2 is 1.87 bits per heavy atom. The van der Waals surface area contributed by atoms with Gasteiger partial charge in [-0.3, -0.25) is 4.79 Å². The Kier molecular flexibility index (Phi) is 5.94. The average Bonchev–Trinajstić information content (AvgIpc) is 3.21. The van der Waals surface area contributed by atoms with Gasteiger partial charge in [-0.15, -0.1) is 5.10 Å². The molecule has 0 atom stereocenters. The quantitative estimate of drug-likeness (QED) is 0.570. The van der Waals surface area contributed by atoms with Crippen molar-refractivity contribution in [3.8, 4) is 11.5 Å². The van der Waals surface area contributed by atoms with Crippen LogP contribution in [-0.4, -0.2) is 53.1 Å². The van der Waals surface area contributed by atoms with E-state index < -0.39 is 0 Å². The first-order valence-electron chi connectivity index (χ1n) is 9.71. The second-order valence-corrected chi connectivity index (χ2v) is 7.10. The standard InChI is InChI=1S/C22H24N4O4/c1-28-19-8-9-20(21(10-19)29-2)22(27)25-12-18(13-25)26-11-17(23-24-26)15-30-14-16-6-4-3-5-7-16/h3-11,18H,12-15H2,1-2H3. The number of amides is 1. The van der Waals surface area contributed by atoms with E-state index in [1.807, 2.05) is 36.5 Å². The fourth-order valence-electron chi connectivity index (χ4n) is 3.34. The summed E-state index contributed by atoms with van der Waals surface area (Å²) in [5.74, 6) is 1.08. The van der Waals surface area contributed by atoms with Crippen molar-refractivity contribution in [2.75, 3.05) is 27.3 Å². The first kappa shape index (κ1) is 19.9. The molecule has 0 saturated carbocycles. The minimum absolute atomic E-state index is 0.0720. The van der Waals surface area contributed by atoms with Gasteiger partial charge in [0.15, 0.2) is 0 Å². The van der Waals surface area contributed by atoms with Gasteiger partial charge >= 0.3 is 0 Å². The van der Waals surface area contributed by atoms with Gasteiger partial charge in [0.25, 0.3) is 5.91 Å². The van der Waals surface area contributed by atoms with Crippen LogP contribution in [0, 0.1) is 0 Å². The Balaban J connectivity index is 1.30. The summed E-state index contributed by atoms with van der Waals surface area (Å²) in [5.41, 5.74) is 2.41. The minimum atomic E-state index is -0.0720. The van der Waals surface area contributed by atoms with Crippen molar-refractivity contribution in [3.63, 3.8) is 0 Å². The molecule has 30 heavy (non-hydrogen) atoms. The molecule has 3 aromatic rings. The lowest BCUT2D eigenvalue weighted by molar-refractivity contribution is 0.0495. The maximum Gasteiger partial charge on any atom is 0.257 e. The summed E-state index contributed by atoms with van der Waals surface area (Å²) in [6.07, 6.45) is 1.88. The molecule has 8 heteroatoms. The zero-order chi connectivity index (χ0) is 20.9. The lowest BCUT2D eigenvalue weighted by Gasteiger charge is -2.39. The molecule has 1 saturated heterocycles. The van der Waals surface area contributed by atoms with Crippen molar-refractivity contribution in [2.24, 2.45) is 0 Å². The smallest absolute Gasteiger partial charge is 0.257 e. The van der Waals surface area contributed by atoms with Crippen LogP contribution in [0.1, 0.15) is 27.7 Å². The normalized spacial score (nSPS) is 13.7. The molecule has 0 bridgehead atoms. The summed E-state index contributed by atoms with van der Waals surface area (Å²) in [7, 11) is 3.12. The van der Waals surface area contributed by atoms with Crippen LogP contribution < -0.4 is 9.47 Å². The molecule has 0 unspecified atom stereocenters. The number of hydrogen-bond donors (Lipinski definition) is 0. The van der Waals surface area contributed by atoms with Gasteiger partial charge in [-0.1, -0.05) is 35.5 Å². The summed E-state index contributed by atoms with van der Waals surface area (Å²) in [6.45, 7) is 2.07. The van der Waals surface area contributed by atoms with Crippen LogP contribution >= 0.6 is 0 Å². The molecule has 1 aliphatic rings. The van der Waals surface area contributed by atoms with Gasteiger partial charge in [0.2, 0.25) is 0 Å². The van der Waals surface area contributed by atoms with Crippen molar-refractivity contribution >= 4 is 5.91 Å². The van der Waals surface area contributed by atoms with E-state index >= 15 is 0 Å². The Hall–Kier alpha value is -3.39. The maximum atomic E-state index is 12.8. The highest BCUT2D eigenvalue weighted by Gasteiger charge is 2.34. The van der Waals surface area contributed by atoms with Gasteiger partial charge < -0.3 is 19.1 Å². The molecular weight excluding hydrogens is 384 g/mol. The lowest BCUT2D eigenvalue weighted by atomic mass is 10.1. The van der Waals surface area contributed by atoms with E-state index in [2.05, 4.69) is 10.3 Å². The molecule has 0 radical (unpaired) electrons. The second kappa shape index (κ2) is 8.96. The zero-order valence-corrected chi connectivity index (χ0v) is 17.0.